The molecule has 0 bridgehead atoms. The average molecular weight is 225 g/mol. The van der Waals surface area contributed by atoms with Gasteiger partial charge in [-0.05, 0) is 32.1 Å². The molecule has 2 aliphatic heterocycles. The van der Waals surface area contributed by atoms with Crippen molar-refractivity contribution in [3.63, 3.8) is 0 Å². The molecular formula is C14H27NO. The highest BCUT2D eigenvalue weighted by atomic mass is 16.7. The number of fused-ring (bicyclic) bond motifs is 1. The van der Waals surface area contributed by atoms with Gasteiger partial charge in [0.2, 0.25) is 0 Å². The Labute approximate surface area is 100 Å². The van der Waals surface area contributed by atoms with Crippen molar-refractivity contribution in [3.8, 4) is 0 Å². The lowest BCUT2D eigenvalue weighted by Gasteiger charge is -2.35. The van der Waals surface area contributed by atoms with Crippen LogP contribution in [0.3, 0.4) is 0 Å². The standard InChI is InChI=1S/C14H27NO/c1-3-5-8-12-9-6-10-13-11-14(7-4-2)16-15(12)13/h12-14H,3-11H2,1-2H3/t12-,13+,14-/m1/s1. The molecule has 0 unspecified atom stereocenters. The van der Waals surface area contributed by atoms with Crippen LogP contribution in [-0.4, -0.2) is 23.3 Å². The first-order valence-electron chi connectivity index (χ1n) is 7.30. The van der Waals surface area contributed by atoms with Gasteiger partial charge in [0, 0.05) is 12.1 Å². The van der Waals surface area contributed by atoms with E-state index in [9.17, 15) is 0 Å². The van der Waals surface area contributed by atoms with Crippen LogP contribution < -0.4 is 0 Å². The molecule has 0 aromatic carbocycles. The van der Waals surface area contributed by atoms with Crippen LogP contribution in [0.5, 0.6) is 0 Å². The molecule has 2 nitrogen and oxygen atoms in total. The number of unbranched alkanes of at least 4 members (excludes halogenated alkanes) is 1. The van der Waals surface area contributed by atoms with Gasteiger partial charge >= 0.3 is 0 Å². The molecule has 0 radical (unpaired) electrons. The zero-order valence-electron chi connectivity index (χ0n) is 11.0. The highest BCUT2D eigenvalue weighted by molar-refractivity contribution is 4.86. The number of nitrogens with zero attached hydrogens (tertiary/aromatic N) is 1. The largest absolute Gasteiger partial charge is 0.295 e. The predicted octanol–water partition coefficient (Wildman–Crippen LogP) is 3.90. The van der Waals surface area contributed by atoms with Crippen LogP contribution in [0.1, 0.15) is 71.6 Å². The third-order valence-electron chi connectivity index (χ3n) is 4.10. The van der Waals surface area contributed by atoms with E-state index in [4.69, 9.17) is 4.84 Å². The van der Waals surface area contributed by atoms with Gasteiger partial charge in [-0.2, -0.15) is 5.06 Å². The van der Waals surface area contributed by atoms with Gasteiger partial charge in [-0.25, -0.2) is 0 Å². The summed E-state index contributed by atoms with van der Waals surface area (Å²) in [6.45, 7) is 4.54. The molecule has 16 heavy (non-hydrogen) atoms. The molecule has 2 heteroatoms. The Bertz CT molecular complexity index is 207. The molecule has 2 heterocycles. The third-order valence-corrected chi connectivity index (χ3v) is 4.10. The number of hydrogen-bond donors (Lipinski definition) is 0. The lowest BCUT2D eigenvalue weighted by Crippen LogP contribution is -2.41. The van der Waals surface area contributed by atoms with E-state index < -0.39 is 0 Å². The molecule has 0 amide bonds. The third kappa shape index (κ3) is 2.78. The molecule has 2 fully saturated rings. The van der Waals surface area contributed by atoms with Crippen LogP contribution in [-0.2, 0) is 4.84 Å². The summed E-state index contributed by atoms with van der Waals surface area (Å²) in [5.41, 5.74) is 0. The summed E-state index contributed by atoms with van der Waals surface area (Å²) >= 11 is 0. The highest BCUT2D eigenvalue weighted by Gasteiger charge is 2.39. The number of piperidine rings is 1. The van der Waals surface area contributed by atoms with Crippen molar-refractivity contribution in [2.75, 3.05) is 0 Å². The molecule has 0 aromatic heterocycles. The molecule has 2 aliphatic rings. The van der Waals surface area contributed by atoms with Crippen LogP contribution in [0, 0.1) is 0 Å². The van der Waals surface area contributed by atoms with Crippen LogP contribution in [0.4, 0.5) is 0 Å². The van der Waals surface area contributed by atoms with Crippen molar-refractivity contribution in [1.29, 1.82) is 0 Å². The molecule has 2 saturated heterocycles. The van der Waals surface area contributed by atoms with E-state index in [2.05, 4.69) is 18.9 Å². The van der Waals surface area contributed by atoms with Crippen molar-refractivity contribution in [2.24, 2.45) is 0 Å². The maximum absolute atomic E-state index is 6.15. The van der Waals surface area contributed by atoms with Crippen molar-refractivity contribution in [2.45, 2.75) is 89.8 Å². The smallest absolute Gasteiger partial charge is 0.0809 e. The summed E-state index contributed by atoms with van der Waals surface area (Å²) < 4.78 is 0. The molecule has 0 saturated carbocycles. The summed E-state index contributed by atoms with van der Waals surface area (Å²) in [5.74, 6) is 0. The van der Waals surface area contributed by atoms with Gasteiger partial charge in [0.1, 0.15) is 0 Å². The molecule has 0 aromatic rings. The van der Waals surface area contributed by atoms with Gasteiger partial charge in [0.05, 0.1) is 6.10 Å². The maximum Gasteiger partial charge on any atom is 0.0809 e. The first kappa shape index (κ1) is 12.4. The molecule has 0 N–H and O–H groups in total. The fourth-order valence-corrected chi connectivity index (χ4v) is 3.26. The molecule has 0 spiro atoms. The lowest BCUT2D eigenvalue weighted by atomic mass is 9.92. The molecule has 94 valence electrons. The first-order chi connectivity index (χ1) is 7.85. The highest BCUT2D eigenvalue weighted by Crippen LogP contribution is 2.36. The van der Waals surface area contributed by atoms with E-state index in [-0.39, 0.29) is 0 Å². The Morgan fingerprint density at radius 3 is 2.75 bits per heavy atom. The van der Waals surface area contributed by atoms with Gasteiger partial charge in [-0.3, -0.25) is 4.84 Å². The minimum absolute atomic E-state index is 0.525. The Morgan fingerprint density at radius 2 is 2.00 bits per heavy atom. The second-order valence-electron chi connectivity index (χ2n) is 5.49. The first-order valence-corrected chi connectivity index (χ1v) is 7.30. The topological polar surface area (TPSA) is 12.5 Å². The van der Waals surface area contributed by atoms with Crippen molar-refractivity contribution < 1.29 is 4.84 Å². The SMILES string of the molecule is CCCC[C@@H]1CCC[C@H]2C[C@@H](CCC)ON12. The average Bonchev–Trinajstić information content (AvgIpc) is 2.69. The van der Waals surface area contributed by atoms with E-state index in [1.54, 1.807) is 0 Å². The van der Waals surface area contributed by atoms with Gasteiger partial charge < -0.3 is 0 Å². The zero-order chi connectivity index (χ0) is 11.4. The molecule has 0 aliphatic carbocycles. The van der Waals surface area contributed by atoms with Gasteiger partial charge in [-0.15, -0.1) is 0 Å². The summed E-state index contributed by atoms with van der Waals surface area (Å²) in [7, 11) is 0. The van der Waals surface area contributed by atoms with Gasteiger partial charge in [0.25, 0.3) is 0 Å². The molecule has 2 rings (SSSR count). The van der Waals surface area contributed by atoms with Crippen LogP contribution in [0.15, 0.2) is 0 Å². The normalized spacial score (nSPS) is 35.2. The maximum atomic E-state index is 6.15. The minimum Gasteiger partial charge on any atom is -0.295 e. The Kier molecular flexibility index (Phi) is 4.66. The summed E-state index contributed by atoms with van der Waals surface area (Å²) in [4.78, 5) is 6.15. The Morgan fingerprint density at radius 1 is 1.12 bits per heavy atom. The fraction of sp³-hybridized carbons (Fsp3) is 1.00. The van der Waals surface area contributed by atoms with Crippen LogP contribution >= 0.6 is 0 Å². The van der Waals surface area contributed by atoms with Gasteiger partial charge in [-0.1, -0.05) is 39.5 Å². The summed E-state index contributed by atoms with van der Waals surface area (Å²) in [5, 5.41) is 2.39. The fourth-order valence-electron chi connectivity index (χ4n) is 3.26. The van der Waals surface area contributed by atoms with Gasteiger partial charge in [0.15, 0.2) is 0 Å². The molecule has 3 atom stereocenters. The van der Waals surface area contributed by atoms with Crippen LogP contribution in [0.2, 0.25) is 0 Å². The second kappa shape index (κ2) is 6.02. The van der Waals surface area contributed by atoms with Crippen molar-refractivity contribution in [3.05, 3.63) is 0 Å². The predicted molar refractivity (Wildman–Crippen MR) is 67.2 cm³/mol. The van der Waals surface area contributed by atoms with E-state index in [0.717, 1.165) is 12.1 Å². The summed E-state index contributed by atoms with van der Waals surface area (Å²) in [6.07, 6.45) is 12.5. The summed E-state index contributed by atoms with van der Waals surface area (Å²) in [6, 6.07) is 1.47. The van der Waals surface area contributed by atoms with Crippen LogP contribution in [0.25, 0.3) is 0 Å². The minimum atomic E-state index is 0.525. The number of hydroxylamine groups is 2. The Hall–Kier alpha value is -0.0800. The molecular weight excluding hydrogens is 198 g/mol. The number of hydrogen-bond acceptors (Lipinski definition) is 2. The number of rotatable bonds is 5. The van der Waals surface area contributed by atoms with E-state index >= 15 is 0 Å². The van der Waals surface area contributed by atoms with Crippen molar-refractivity contribution in [1.82, 2.24) is 5.06 Å². The quantitative estimate of drug-likeness (QED) is 0.703. The monoisotopic (exact) mass is 225 g/mol. The van der Waals surface area contributed by atoms with E-state index in [1.807, 2.05) is 0 Å². The van der Waals surface area contributed by atoms with Crippen molar-refractivity contribution >= 4 is 0 Å². The van der Waals surface area contributed by atoms with E-state index in [1.165, 1.54) is 57.8 Å². The Balaban J connectivity index is 1.87. The lowest BCUT2D eigenvalue weighted by molar-refractivity contribution is -0.203. The zero-order valence-corrected chi connectivity index (χ0v) is 11.0. The van der Waals surface area contributed by atoms with E-state index in [0.29, 0.717) is 6.10 Å². The second-order valence-corrected chi connectivity index (χ2v) is 5.49.